The zero-order valence-corrected chi connectivity index (χ0v) is 13.3. The third-order valence-corrected chi connectivity index (χ3v) is 4.49. The maximum atomic E-state index is 6.03. The van der Waals surface area contributed by atoms with E-state index in [9.17, 15) is 0 Å². The lowest BCUT2D eigenvalue weighted by Gasteiger charge is -2.32. The van der Waals surface area contributed by atoms with Gasteiger partial charge in [0.1, 0.15) is 0 Å². The maximum Gasteiger partial charge on any atom is 0.516 e. The first-order valence-corrected chi connectivity index (χ1v) is 7.26. The average Bonchev–Trinajstić information content (AvgIpc) is 2.94. The summed E-state index contributed by atoms with van der Waals surface area (Å²) in [5.41, 5.74) is 2.44. The molecule has 1 aromatic carbocycles. The zero-order chi connectivity index (χ0) is 15.3. The molecule has 5 heteroatoms. The van der Waals surface area contributed by atoms with Crippen molar-refractivity contribution in [2.24, 2.45) is 0 Å². The van der Waals surface area contributed by atoms with Gasteiger partial charge in [-0.2, -0.15) is 0 Å². The van der Waals surface area contributed by atoms with Gasteiger partial charge >= 0.3 is 7.12 Å². The highest BCUT2D eigenvalue weighted by atomic mass is 16.7. The van der Waals surface area contributed by atoms with E-state index in [4.69, 9.17) is 9.31 Å². The van der Waals surface area contributed by atoms with Crippen LogP contribution < -0.4 is 5.59 Å². The third-order valence-electron chi connectivity index (χ3n) is 4.49. The van der Waals surface area contributed by atoms with Gasteiger partial charge in [-0.1, -0.05) is 18.2 Å². The van der Waals surface area contributed by atoms with Gasteiger partial charge in [-0.25, -0.2) is 4.98 Å². The second kappa shape index (κ2) is 4.72. The van der Waals surface area contributed by atoms with Gasteiger partial charge in [0.2, 0.25) is 0 Å². The summed E-state index contributed by atoms with van der Waals surface area (Å²) in [6.45, 7) is 10.3. The molecule has 1 aromatic heterocycles. The quantitative estimate of drug-likeness (QED) is 0.795. The number of para-hydroxylation sites is 1. The first kappa shape index (κ1) is 14.4. The minimum Gasteiger partial charge on any atom is -0.398 e. The highest BCUT2D eigenvalue weighted by molar-refractivity contribution is 6.61. The molecule has 0 aliphatic carbocycles. The zero-order valence-electron chi connectivity index (χ0n) is 13.3. The van der Waals surface area contributed by atoms with E-state index in [1.807, 2.05) is 56.9 Å². The van der Waals surface area contributed by atoms with Crippen molar-refractivity contribution in [3.05, 3.63) is 42.4 Å². The van der Waals surface area contributed by atoms with Crippen LogP contribution in [0.2, 0.25) is 0 Å². The van der Waals surface area contributed by atoms with E-state index in [2.05, 4.69) is 24.0 Å². The number of aromatic nitrogens is 2. The van der Waals surface area contributed by atoms with Crippen LogP contribution in [-0.2, 0) is 9.31 Å². The number of rotatable bonds is 2. The number of hydrogen-bond acceptors (Lipinski definition) is 3. The van der Waals surface area contributed by atoms with E-state index in [0.717, 1.165) is 11.3 Å². The van der Waals surface area contributed by atoms with Gasteiger partial charge in [0.15, 0.2) is 0 Å². The molecule has 0 radical (unpaired) electrons. The third kappa shape index (κ3) is 2.41. The van der Waals surface area contributed by atoms with Crippen molar-refractivity contribution in [1.82, 2.24) is 9.55 Å². The van der Waals surface area contributed by atoms with Crippen LogP contribution in [0.15, 0.2) is 36.8 Å². The number of aryl methyl sites for hydroxylation is 1. The van der Waals surface area contributed by atoms with Crippen LogP contribution >= 0.6 is 0 Å². The first-order valence-electron chi connectivity index (χ1n) is 7.26. The SMILES string of the molecule is Cc1ccccc1-n1cnc(B2OC(C)(C)C(C)(C)O2)c1. The van der Waals surface area contributed by atoms with Gasteiger partial charge in [-0.05, 0) is 46.2 Å². The van der Waals surface area contributed by atoms with Gasteiger partial charge < -0.3 is 13.9 Å². The van der Waals surface area contributed by atoms with E-state index in [1.54, 1.807) is 0 Å². The van der Waals surface area contributed by atoms with E-state index in [1.165, 1.54) is 5.56 Å². The van der Waals surface area contributed by atoms with Crippen LogP contribution in [0.5, 0.6) is 0 Å². The molecule has 2 aromatic rings. The molecule has 1 aliphatic heterocycles. The Kier molecular flexibility index (Phi) is 3.22. The van der Waals surface area contributed by atoms with Crippen LogP contribution in [0.25, 0.3) is 5.69 Å². The van der Waals surface area contributed by atoms with Crippen molar-refractivity contribution in [2.45, 2.75) is 45.8 Å². The van der Waals surface area contributed by atoms with E-state index >= 15 is 0 Å². The minimum absolute atomic E-state index is 0.343. The minimum atomic E-state index is -0.416. The first-order chi connectivity index (χ1) is 9.80. The Labute approximate surface area is 126 Å². The summed E-state index contributed by atoms with van der Waals surface area (Å²) in [7, 11) is -0.416. The Morgan fingerprint density at radius 3 is 2.29 bits per heavy atom. The summed E-state index contributed by atoms with van der Waals surface area (Å²) in [5, 5.41) is 0. The van der Waals surface area contributed by atoms with Crippen LogP contribution in [0.1, 0.15) is 33.3 Å². The molecule has 0 N–H and O–H groups in total. The molecular weight excluding hydrogens is 263 g/mol. The van der Waals surface area contributed by atoms with Crippen molar-refractivity contribution < 1.29 is 9.31 Å². The molecule has 21 heavy (non-hydrogen) atoms. The highest BCUT2D eigenvalue weighted by Crippen LogP contribution is 2.36. The Balaban J connectivity index is 1.89. The van der Waals surface area contributed by atoms with E-state index in [0.29, 0.717) is 0 Å². The summed E-state index contributed by atoms with van der Waals surface area (Å²) in [4.78, 5) is 4.46. The second-order valence-electron chi connectivity index (χ2n) is 6.58. The van der Waals surface area contributed by atoms with Crippen LogP contribution in [0.4, 0.5) is 0 Å². The maximum absolute atomic E-state index is 6.03. The molecule has 0 spiro atoms. The summed E-state index contributed by atoms with van der Waals surface area (Å²) >= 11 is 0. The lowest BCUT2D eigenvalue weighted by Crippen LogP contribution is -2.41. The van der Waals surface area contributed by atoms with Gasteiger partial charge in [0.05, 0.1) is 23.1 Å². The lowest BCUT2D eigenvalue weighted by atomic mass is 9.86. The molecule has 0 amide bonds. The normalized spacial score (nSPS) is 20.0. The molecule has 0 bridgehead atoms. The van der Waals surface area contributed by atoms with Crippen LogP contribution in [-0.4, -0.2) is 27.9 Å². The largest absolute Gasteiger partial charge is 0.516 e. The van der Waals surface area contributed by atoms with Crippen LogP contribution in [0.3, 0.4) is 0 Å². The van der Waals surface area contributed by atoms with Crippen LogP contribution in [0, 0.1) is 6.92 Å². The van der Waals surface area contributed by atoms with Crippen molar-refractivity contribution in [3.8, 4) is 5.69 Å². The average molecular weight is 284 g/mol. The molecule has 0 atom stereocenters. The fourth-order valence-electron chi connectivity index (χ4n) is 2.41. The Morgan fingerprint density at radius 1 is 1.05 bits per heavy atom. The molecule has 2 heterocycles. The number of nitrogens with zero attached hydrogens (tertiary/aromatic N) is 2. The van der Waals surface area contributed by atoms with Gasteiger partial charge in [-0.3, -0.25) is 0 Å². The monoisotopic (exact) mass is 284 g/mol. The summed E-state index contributed by atoms with van der Waals surface area (Å²) < 4.78 is 14.1. The Morgan fingerprint density at radius 2 is 1.67 bits per heavy atom. The molecule has 110 valence electrons. The van der Waals surface area contributed by atoms with Crippen molar-refractivity contribution in [1.29, 1.82) is 0 Å². The predicted octanol–water partition coefficient (Wildman–Crippen LogP) is 2.48. The molecule has 0 saturated carbocycles. The Bertz CT molecular complexity index is 648. The highest BCUT2D eigenvalue weighted by Gasteiger charge is 2.52. The van der Waals surface area contributed by atoms with E-state index in [-0.39, 0.29) is 11.2 Å². The molecule has 0 unspecified atom stereocenters. The van der Waals surface area contributed by atoms with E-state index < -0.39 is 7.12 Å². The molecule has 4 nitrogen and oxygen atoms in total. The van der Waals surface area contributed by atoms with Gasteiger partial charge in [0.25, 0.3) is 0 Å². The lowest BCUT2D eigenvalue weighted by molar-refractivity contribution is 0.00578. The summed E-state index contributed by atoms with van der Waals surface area (Å²) in [5.74, 6) is 0. The van der Waals surface area contributed by atoms with Gasteiger partial charge in [-0.15, -0.1) is 0 Å². The Hall–Kier alpha value is -1.59. The topological polar surface area (TPSA) is 36.3 Å². The standard InChI is InChI=1S/C16H21BN2O2/c1-12-8-6-7-9-13(12)19-10-14(18-11-19)17-20-15(2,3)16(4,5)21-17/h6-11H,1-5H3. The predicted molar refractivity (Wildman–Crippen MR) is 84.0 cm³/mol. The molecule has 3 rings (SSSR count). The number of hydrogen-bond donors (Lipinski definition) is 0. The second-order valence-corrected chi connectivity index (χ2v) is 6.58. The number of imidazole rings is 1. The fourth-order valence-corrected chi connectivity index (χ4v) is 2.41. The van der Waals surface area contributed by atoms with Crippen molar-refractivity contribution in [2.75, 3.05) is 0 Å². The van der Waals surface area contributed by atoms with Crippen molar-refractivity contribution >= 4 is 12.7 Å². The van der Waals surface area contributed by atoms with Gasteiger partial charge in [0, 0.05) is 11.9 Å². The summed E-state index contributed by atoms with van der Waals surface area (Å²) in [6, 6.07) is 8.22. The summed E-state index contributed by atoms with van der Waals surface area (Å²) in [6.07, 6.45) is 3.78. The molecule has 1 aliphatic rings. The molecule has 1 fully saturated rings. The van der Waals surface area contributed by atoms with Crippen molar-refractivity contribution in [3.63, 3.8) is 0 Å². The fraction of sp³-hybridized carbons (Fsp3) is 0.438. The molecular formula is C16H21BN2O2. The number of benzene rings is 1. The molecule has 1 saturated heterocycles. The smallest absolute Gasteiger partial charge is 0.398 e.